The van der Waals surface area contributed by atoms with Gasteiger partial charge < -0.3 is 15.6 Å². The van der Waals surface area contributed by atoms with Gasteiger partial charge in [-0.1, -0.05) is 6.07 Å². The van der Waals surface area contributed by atoms with Crippen LogP contribution in [0.5, 0.6) is 0 Å². The molecule has 4 heteroatoms. The molecule has 1 aliphatic heterocycles. The van der Waals surface area contributed by atoms with E-state index < -0.39 is 0 Å². The lowest BCUT2D eigenvalue weighted by molar-refractivity contribution is 0.0940. The molecule has 17 heavy (non-hydrogen) atoms. The van der Waals surface area contributed by atoms with E-state index in [1.165, 1.54) is 0 Å². The molecule has 3 N–H and O–H groups in total. The van der Waals surface area contributed by atoms with Crippen LogP contribution in [0.4, 0.5) is 0 Å². The predicted molar refractivity (Wildman–Crippen MR) is 67.0 cm³/mol. The summed E-state index contributed by atoms with van der Waals surface area (Å²) >= 11 is 0. The first kappa shape index (κ1) is 10.4. The monoisotopic (exact) mass is 229 g/mol. The number of hydrogen-bond acceptors (Lipinski definition) is 2. The SMILES string of the molecule is O=C(NC1CCNC1)c1ccc2cc[nH]c2c1. The van der Waals surface area contributed by atoms with Crippen molar-refractivity contribution >= 4 is 16.8 Å². The number of aromatic nitrogens is 1. The van der Waals surface area contributed by atoms with Gasteiger partial charge in [-0.3, -0.25) is 4.79 Å². The predicted octanol–water partition coefficient (Wildman–Crippen LogP) is 1.26. The molecule has 0 spiro atoms. The second-order valence-electron chi connectivity index (χ2n) is 4.44. The highest BCUT2D eigenvalue weighted by molar-refractivity contribution is 5.98. The number of amides is 1. The van der Waals surface area contributed by atoms with E-state index in [4.69, 9.17) is 0 Å². The van der Waals surface area contributed by atoms with Gasteiger partial charge in [0.1, 0.15) is 0 Å². The minimum absolute atomic E-state index is 0.00944. The molecule has 1 fully saturated rings. The van der Waals surface area contributed by atoms with Crippen LogP contribution >= 0.6 is 0 Å². The van der Waals surface area contributed by atoms with Crippen molar-refractivity contribution in [2.24, 2.45) is 0 Å². The summed E-state index contributed by atoms with van der Waals surface area (Å²) < 4.78 is 0. The summed E-state index contributed by atoms with van der Waals surface area (Å²) in [5.41, 5.74) is 1.72. The van der Waals surface area contributed by atoms with Crippen molar-refractivity contribution in [2.45, 2.75) is 12.5 Å². The van der Waals surface area contributed by atoms with Crippen molar-refractivity contribution in [1.29, 1.82) is 0 Å². The summed E-state index contributed by atoms with van der Waals surface area (Å²) in [5, 5.41) is 7.40. The van der Waals surface area contributed by atoms with E-state index in [-0.39, 0.29) is 11.9 Å². The Balaban J connectivity index is 1.79. The molecular weight excluding hydrogens is 214 g/mol. The van der Waals surface area contributed by atoms with Gasteiger partial charge in [0.2, 0.25) is 0 Å². The summed E-state index contributed by atoms with van der Waals surface area (Å²) in [6.45, 7) is 1.86. The van der Waals surface area contributed by atoms with E-state index in [0.717, 1.165) is 30.4 Å². The van der Waals surface area contributed by atoms with Crippen LogP contribution in [0.15, 0.2) is 30.5 Å². The third kappa shape index (κ3) is 2.03. The summed E-state index contributed by atoms with van der Waals surface area (Å²) in [5.74, 6) is 0.00944. The fraction of sp³-hybridized carbons (Fsp3) is 0.308. The van der Waals surface area contributed by atoms with E-state index in [1.54, 1.807) is 0 Å². The topological polar surface area (TPSA) is 56.9 Å². The van der Waals surface area contributed by atoms with Gasteiger partial charge in [-0.15, -0.1) is 0 Å². The normalized spacial score (nSPS) is 19.6. The van der Waals surface area contributed by atoms with E-state index in [2.05, 4.69) is 15.6 Å². The van der Waals surface area contributed by atoms with Gasteiger partial charge in [-0.25, -0.2) is 0 Å². The number of aromatic amines is 1. The number of carbonyl (C=O) groups excluding carboxylic acids is 1. The third-order valence-electron chi connectivity index (χ3n) is 3.21. The fourth-order valence-corrected chi connectivity index (χ4v) is 2.24. The summed E-state index contributed by atoms with van der Waals surface area (Å²) in [7, 11) is 0. The maximum atomic E-state index is 12.0. The molecule has 0 bridgehead atoms. The number of rotatable bonds is 2. The first-order valence-electron chi connectivity index (χ1n) is 5.92. The lowest BCUT2D eigenvalue weighted by Crippen LogP contribution is -2.36. The summed E-state index contributed by atoms with van der Waals surface area (Å²) in [6, 6.07) is 7.99. The third-order valence-corrected chi connectivity index (χ3v) is 3.21. The molecule has 1 amide bonds. The Labute approximate surface area is 99.4 Å². The van der Waals surface area contributed by atoms with Crippen LogP contribution in [0.3, 0.4) is 0 Å². The molecule has 88 valence electrons. The van der Waals surface area contributed by atoms with Gasteiger partial charge in [0.25, 0.3) is 5.91 Å². The average molecular weight is 229 g/mol. The van der Waals surface area contributed by atoms with Crippen molar-refractivity contribution in [3.63, 3.8) is 0 Å². The van der Waals surface area contributed by atoms with E-state index in [1.807, 2.05) is 30.5 Å². The fourth-order valence-electron chi connectivity index (χ4n) is 2.24. The Morgan fingerprint density at radius 2 is 2.29 bits per heavy atom. The lowest BCUT2D eigenvalue weighted by Gasteiger charge is -2.11. The molecule has 2 aromatic rings. The van der Waals surface area contributed by atoms with Crippen molar-refractivity contribution in [1.82, 2.24) is 15.6 Å². The number of benzene rings is 1. The Hall–Kier alpha value is -1.81. The Bertz CT molecular complexity index is 540. The van der Waals surface area contributed by atoms with E-state index in [9.17, 15) is 4.79 Å². The highest BCUT2D eigenvalue weighted by atomic mass is 16.1. The summed E-state index contributed by atoms with van der Waals surface area (Å²) in [4.78, 5) is 15.1. The van der Waals surface area contributed by atoms with Crippen LogP contribution in [0.25, 0.3) is 10.9 Å². The largest absolute Gasteiger partial charge is 0.361 e. The van der Waals surface area contributed by atoms with E-state index in [0.29, 0.717) is 5.56 Å². The zero-order valence-electron chi connectivity index (χ0n) is 9.49. The highest BCUT2D eigenvalue weighted by Crippen LogP contribution is 2.14. The van der Waals surface area contributed by atoms with Gasteiger partial charge in [0, 0.05) is 29.9 Å². The van der Waals surface area contributed by atoms with E-state index >= 15 is 0 Å². The van der Waals surface area contributed by atoms with Crippen LogP contribution in [0.2, 0.25) is 0 Å². The number of carbonyl (C=O) groups is 1. The Morgan fingerprint density at radius 1 is 1.35 bits per heavy atom. The molecule has 1 saturated heterocycles. The molecule has 0 aliphatic carbocycles. The molecule has 4 nitrogen and oxygen atoms in total. The molecule has 3 rings (SSSR count). The second kappa shape index (κ2) is 4.22. The van der Waals surface area contributed by atoms with Crippen LogP contribution in [-0.2, 0) is 0 Å². The molecule has 0 radical (unpaired) electrons. The smallest absolute Gasteiger partial charge is 0.251 e. The van der Waals surface area contributed by atoms with Crippen LogP contribution in [0.1, 0.15) is 16.8 Å². The Kier molecular flexibility index (Phi) is 2.57. The van der Waals surface area contributed by atoms with Gasteiger partial charge in [-0.2, -0.15) is 0 Å². The summed E-state index contributed by atoms with van der Waals surface area (Å²) in [6.07, 6.45) is 2.89. The molecule has 1 aliphatic rings. The lowest BCUT2D eigenvalue weighted by atomic mass is 10.1. The molecule has 1 aromatic heterocycles. The van der Waals surface area contributed by atoms with Gasteiger partial charge in [0.05, 0.1) is 0 Å². The molecule has 2 heterocycles. The standard InChI is InChI=1S/C13H15N3O/c17-13(16-11-4-5-14-8-11)10-2-1-9-3-6-15-12(9)7-10/h1-3,6-7,11,14-15H,4-5,8H2,(H,16,17). The Morgan fingerprint density at radius 3 is 3.12 bits per heavy atom. The zero-order chi connectivity index (χ0) is 11.7. The maximum absolute atomic E-state index is 12.0. The first-order valence-corrected chi connectivity index (χ1v) is 5.92. The van der Waals surface area contributed by atoms with Gasteiger partial charge >= 0.3 is 0 Å². The maximum Gasteiger partial charge on any atom is 0.251 e. The van der Waals surface area contributed by atoms with Crippen molar-refractivity contribution in [3.8, 4) is 0 Å². The van der Waals surface area contributed by atoms with Crippen molar-refractivity contribution in [2.75, 3.05) is 13.1 Å². The number of nitrogens with one attached hydrogen (secondary N) is 3. The van der Waals surface area contributed by atoms with Crippen molar-refractivity contribution < 1.29 is 4.79 Å². The van der Waals surface area contributed by atoms with Crippen LogP contribution < -0.4 is 10.6 Å². The average Bonchev–Trinajstić information content (AvgIpc) is 2.97. The first-order chi connectivity index (χ1) is 8.33. The van der Waals surface area contributed by atoms with Crippen molar-refractivity contribution in [3.05, 3.63) is 36.0 Å². The number of fused-ring (bicyclic) bond motifs is 1. The minimum Gasteiger partial charge on any atom is -0.361 e. The van der Waals surface area contributed by atoms with Gasteiger partial charge in [-0.05, 0) is 36.6 Å². The highest BCUT2D eigenvalue weighted by Gasteiger charge is 2.17. The second-order valence-corrected chi connectivity index (χ2v) is 4.44. The number of hydrogen-bond donors (Lipinski definition) is 3. The molecule has 1 aromatic carbocycles. The zero-order valence-corrected chi connectivity index (χ0v) is 9.49. The molecule has 1 unspecified atom stereocenters. The minimum atomic E-state index is 0.00944. The van der Waals surface area contributed by atoms with Crippen LogP contribution in [-0.4, -0.2) is 30.0 Å². The molecule has 0 saturated carbocycles. The molecular formula is C13H15N3O. The van der Waals surface area contributed by atoms with Crippen LogP contribution in [0, 0.1) is 0 Å². The quantitative estimate of drug-likeness (QED) is 0.726. The van der Waals surface area contributed by atoms with Gasteiger partial charge in [0.15, 0.2) is 0 Å². The molecule has 1 atom stereocenters. The number of H-pyrrole nitrogens is 1.